The maximum Gasteiger partial charge on any atom is 0.0638 e. The molecule has 0 aliphatic carbocycles. The monoisotopic (exact) mass is 217 g/mol. The summed E-state index contributed by atoms with van der Waals surface area (Å²) in [5, 5.41) is 4.42. The first kappa shape index (κ1) is 10.1. The van der Waals surface area contributed by atoms with E-state index in [0.29, 0.717) is 6.04 Å². The van der Waals surface area contributed by atoms with Gasteiger partial charge in [0.25, 0.3) is 0 Å². The minimum absolute atomic E-state index is 0.679. The second-order valence-corrected chi connectivity index (χ2v) is 5.05. The molecule has 1 saturated heterocycles. The second kappa shape index (κ2) is 3.74. The smallest absolute Gasteiger partial charge is 0.0638 e. The summed E-state index contributed by atoms with van der Waals surface area (Å²) < 4.78 is 1.92. The Labute approximate surface area is 96.7 Å². The first-order valence-corrected chi connectivity index (χ1v) is 6.15. The molecule has 3 heterocycles. The minimum Gasteiger partial charge on any atom is -0.289 e. The van der Waals surface area contributed by atoms with Crippen molar-refractivity contribution < 1.29 is 0 Å². The molecule has 3 rings (SSSR count). The zero-order valence-corrected chi connectivity index (χ0v) is 10.1. The van der Waals surface area contributed by atoms with E-state index in [4.69, 9.17) is 0 Å². The highest BCUT2D eigenvalue weighted by Gasteiger charge is 2.33. The molecular formula is C13H19N3. The molecule has 0 N–H and O–H groups in total. The normalized spacial score (nSPS) is 28.9. The Morgan fingerprint density at radius 1 is 1.44 bits per heavy atom. The van der Waals surface area contributed by atoms with Gasteiger partial charge in [-0.15, -0.1) is 0 Å². The molecule has 3 nitrogen and oxygen atoms in total. The highest BCUT2D eigenvalue weighted by atomic mass is 15.3. The minimum atomic E-state index is 0.679. The van der Waals surface area contributed by atoms with Gasteiger partial charge in [0, 0.05) is 37.4 Å². The first-order chi connectivity index (χ1) is 7.74. The Morgan fingerprint density at radius 3 is 3.00 bits per heavy atom. The van der Waals surface area contributed by atoms with Crippen LogP contribution < -0.4 is 0 Å². The molecule has 1 aromatic heterocycles. The quantitative estimate of drug-likeness (QED) is 0.707. The molecule has 2 bridgehead atoms. The molecule has 2 aliphatic heterocycles. The topological polar surface area (TPSA) is 21.1 Å². The summed E-state index contributed by atoms with van der Waals surface area (Å²) in [7, 11) is 2.00. The lowest BCUT2D eigenvalue weighted by atomic mass is 10.1. The van der Waals surface area contributed by atoms with E-state index in [0.717, 1.165) is 12.6 Å². The number of aromatic nitrogens is 2. The standard InChI is InChI=1S/C13H19N3/c1-10-11(8-15(2)14-10)9-16-12-4-3-5-13(16)7-6-12/h3-4,8,12-13H,5-7,9H2,1-2H3. The Balaban J connectivity index is 1.80. The molecule has 2 aliphatic rings. The maximum absolute atomic E-state index is 4.42. The van der Waals surface area contributed by atoms with Crippen molar-refractivity contribution in [3.8, 4) is 0 Å². The van der Waals surface area contributed by atoms with Gasteiger partial charge in [0.15, 0.2) is 0 Å². The van der Waals surface area contributed by atoms with Crippen molar-refractivity contribution in [3.05, 3.63) is 29.6 Å². The summed E-state index contributed by atoms with van der Waals surface area (Å²) in [4.78, 5) is 2.64. The second-order valence-electron chi connectivity index (χ2n) is 5.05. The van der Waals surface area contributed by atoms with Gasteiger partial charge in [-0.2, -0.15) is 5.10 Å². The van der Waals surface area contributed by atoms with Crippen molar-refractivity contribution in [2.75, 3.05) is 0 Å². The third kappa shape index (κ3) is 1.59. The van der Waals surface area contributed by atoms with Crippen LogP contribution in [0.2, 0.25) is 0 Å². The Bertz CT molecular complexity index is 419. The van der Waals surface area contributed by atoms with Crippen molar-refractivity contribution in [3.63, 3.8) is 0 Å². The predicted molar refractivity (Wildman–Crippen MR) is 64.1 cm³/mol. The number of rotatable bonds is 2. The lowest BCUT2D eigenvalue weighted by Crippen LogP contribution is -2.36. The van der Waals surface area contributed by atoms with E-state index in [9.17, 15) is 0 Å². The van der Waals surface area contributed by atoms with E-state index in [1.165, 1.54) is 30.5 Å². The van der Waals surface area contributed by atoms with Crippen LogP contribution in [0.15, 0.2) is 18.3 Å². The van der Waals surface area contributed by atoms with Crippen molar-refractivity contribution >= 4 is 0 Å². The van der Waals surface area contributed by atoms with Crippen LogP contribution in [-0.2, 0) is 13.6 Å². The molecule has 86 valence electrons. The van der Waals surface area contributed by atoms with Crippen LogP contribution in [-0.4, -0.2) is 26.8 Å². The van der Waals surface area contributed by atoms with Crippen molar-refractivity contribution in [1.29, 1.82) is 0 Å². The molecule has 3 heteroatoms. The molecule has 0 amide bonds. The van der Waals surface area contributed by atoms with E-state index in [2.05, 4.69) is 35.3 Å². The van der Waals surface area contributed by atoms with Crippen molar-refractivity contribution in [2.24, 2.45) is 7.05 Å². The zero-order chi connectivity index (χ0) is 11.1. The summed E-state index contributed by atoms with van der Waals surface area (Å²) in [6.07, 6.45) is 10.8. The maximum atomic E-state index is 4.42. The van der Waals surface area contributed by atoms with Crippen LogP contribution in [0.3, 0.4) is 0 Å². The fourth-order valence-electron chi connectivity index (χ4n) is 3.07. The van der Waals surface area contributed by atoms with Gasteiger partial charge < -0.3 is 0 Å². The number of nitrogens with zero attached hydrogens (tertiary/aromatic N) is 3. The number of fused-ring (bicyclic) bond motifs is 2. The average Bonchev–Trinajstić information content (AvgIpc) is 2.67. The van der Waals surface area contributed by atoms with E-state index in [-0.39, 0.29) is 0 Å². The average molecular weight is 217 g/mol. The van der Waals surface area contributed by atoms with Gasteiger partial charge in [0.1, 0.15) is 0 Å². The number of hydrogen-bond acceptors (Lipinski definition) is 2. The SMILES string of the molecule is Cc1nn(C)cc1CN1C2C=CCC1CC2. The van der Waals surface area contributed by atoms with E-state index >= 15 is 0 Å². The largest absolute Gasteiger partial charge is 0.289 e. The number of hydrogen-bond donors (Lipinski definition) is 0. The lowest BCUT2D eigenvalue weighted by molar-refractivity contribution is 0.200. The molecule has 2 unspecified atom stereocenters. The molecule has 0 aromatic carbocycles. The van der Waals surface area contributed by atoms with Gasteiger partial charge >= 0.3 is 0 Å². The molecule has 0 saturated carbocycles. The van der Waals surface area contributed by atoms with Crippen LogP contribution in [0.5, 0.6) is 0 Å². The van der Waals surface area contributed by atoms with E-state index in [1.807, 2.05) is 11.7 Å². The molecule has 1 fully saturated rings. The summed E-state index contributed by atoms with van der Waals surface area (Å²) in [5.74, 6) is 0. The summed E-state index contributed by atoms with van der Waals surface area (Å²) in [6.45, 7) is 3.18. The molecule has 0 radical (unpaired) electrons. The first-order valence-electron chi connectivity index (χ1n) is 6.15. The third-order valence-electron chi connectivity index (χ3n) is 3.93. The van der Waals surface area contributed by atoms with Gasteiger partial charge in [-0.05, 0) is 26.2 Å². The summed E-state index contributed by atoms with van der Waals surface area (Å²) >= 11 is 0. The molecular weight excluding hydrogens is 198 g/mol. The van der Waals surface area contributed by atoms with Crippen LogP contribution in [0.25, 0.3) is 0 Å². The van der Waals surface area contributed by atoms with Crippen LogP contribution in [0.4, 0.5) is 0 Å². The van der Waals surface area contributed by atoms with Gasteiger partial charge in [0.2, 0.25) is 0 Å². The van der Waals surface area contributed by atoms with Crippen LogP contribution in [0.1, 0.15) is 30.5 Å². The highest BCUT2D eigenvalue weighted by Crippen LogP contribution is 2.32. The fourth-order valence-corrected chi connectivity index (χ4v) is 3.07. The van der Waals surface area contributed by atoms with Crippen LogP contribution >= 0.6 is 0 Å². The van der Waals surface area contributed by atoms with E-state index in [1.54, 1.807) is 0 Å². The third-order valence-corrected chi connectivity index (χ3v) is 3.93. The van der Waals surface area contributed by atoms with Gasteiger partial charge in [-0.1, -0.05) is 12.2 Å². The predicted octanol–water partition coefficient (Wildman–Crippen LogP) is 2.02. The van der Waals surface area contributed by atoms with E-state index < -0.39 is 0 Å². The molecule has 2 atom stereocenters. The van der Waals surface area contributed by atoms with Gasteiger partial charge in [-0.3, -0.25) is 9.58 Å². The lowest BCUT2D eigenvalue weighted by Gasteiger charge is -2.31. The van der Waals surface area contributed by atoms with Crippen molar-refractivity contribution in [1.82, 2.24) is 14.7 Å². The van der Waals surface area contributed by atoms with Crippen LogP contribution in [0, 0.1) is 6.92 Å². The van der Waals surface area contributed by atoms with Gasteiger partial charge in [-0.25, -0.2) is 0 Å². The summed E-state index contributed by atoms with van der Waals surface area (Å²) in [6, 6.07) is 1.45. The molecule has 1 aromatic rings. The Kier molecular flexibility index (Phi) is 2.36. The van der Waals surface area contributed by atoms with Gasteiger partial charge in [0.05, 0.1) is 5.69 Å². The fraction of sp³-hybridized carbons (Fsp3) is 0.615. The molecule has 0 spiro atoms. The Morgan fingerprint density at radius 2 is 2.31 bits per heavy atom. The summed E-state index contributed by atoms with van der Waals surface area (Å²) in [5.41, 5.74) is 2.56. The number of aryl methyl sites for hydroxylation is 2. The highest BCUT2D eigenvalue weighted by molar-refractivity contribution is 5.18. The molecule has 16 heavy (non-hydrogen) atoms. The Hall–Kier alpha value is -1.09. The van der Waals surface area contributed by atoms with Crippen molar-refractivity contribution in [2.45, 2.75) is 44.8 Å². The zero-order valence-electron chi connectivity index (χ0n) is 10.1.